The Labute approximate surface area is 385 Å². The molecule has 0 N–H and O–H groups in total. The van der Waals surface area contributed by atoms with E-state index >= 15 is 0 Å². The van der Waals surface area contributed by atoms with Gasteiger partial charge < -0.3 is 14.2 Å². The second-order valence-electron chi connectivity index (χ2n) is 17.4. The molecule has 62 heavy (non-hydrogen) atoms. The Kier molecular flexibility index (Phi) is 50.4. The van der Waals surface area contributed by atoms with Crippen LogP contribution in [0.5, 0.6) is 0 Å². The predicted molar refractivity (Wildman–Crippen MR) is 270 cm³/mol. The summed E-state index contributed by atoms with van der Waals surface area (Å²) in [5.74, 6) is -0.416. The number of ether oxygens (including phenoxy) is 3. The van der Waals surface area contributed by atoms with E-state index in [1.165, 1.54) is 135 Å². The van der Waals surface area contributed by atoms with E-state index in [1.54, 1.807) is 0 Å². The summed E-state index contributed by atoms with van der Waals surface area (Å²) in [6.45, 7) is 7.63. The predicted octanol–water partition coefficient (Wildman–Crippen LogP) is 17.9. The van der Waals surface area contributed by atoms with Crippen molar-refractivity contribution in [1.29, 1.82) is 0 Å². The number of unbranched alkanes of at least 4 members (excludes halogenated alkanes) is 25. The number of carbonyl (C=O) groups is 2. The van der Waals surface area contributed by atoms with E-state index in [2.05, 4.69) is 93.7 Å². The third-order valence-corrected chi connectivity index (χ3v) is 11.2. The van der Waals surface area contributed by atoms with Crippen molar-refractivity contribution < 1.29 is 23.8 Å². The molecule has 0 aliphatic carbocycles. The largest absolute Gasteiger partial charge is 0.462 e. The number of rotatable bonds is 48. The maximum absolute atomic E-state index is 12.8. The molecule has 0 aromatic heterocycles. The molecule has 0 aliphatic heterocycles. The fourth-order valence-electron chi connectivity index (χ4n) is 7.30. The van der Waals surface area contributed by atoms with E-state index in [-0.39, 0.29) is 25.2 Å². The lowest BCUT2D eigenvalue weighted by Gasteiger charge is -2.18. The maximum atomic E-state index is 12.8. The third kappa shape index (κ3) is 50.0. The average molecular weight is 865 g/mol. The van der Waals surface area contributed by atoms with E-state index < -0.39 is 6.10 Å². The van der Waals surface area contributed by atoms with Crippen LogP contribution in [0.4, 0.5) is 0 Å². The standard InChI is InChI=1S/C57H100O5/c1-4-7-10-13-16-19-22-24-26-28-29-30-31-33-36-38-41-44-47-50-56(58)61-54-55(62-57(59)51-48-45-42-39-35-21-18-15-12-9-6-3)53-60-52-49-46-43-40-37-34-32-27-25-23-20-17-14-11-8-5-2/h8,11,16-17,19-20,24-27,34,37,55H,4-7,9-10,12-15,18,21-23,28-33,35-36,38-54H2,1-3H3/b11-8-,19-16-,20-17-,26-24-,27-25-,37-34-. The summed E-state index contributed by atoms with van der Waals surface area (Å²) in [6.07, 6.45) is 67.7. The van der Waals surface area contributed by atoms with Gasteiger partial charge in [0.15, 0.2) is 6.10 Å². The Balaban J connectivity index is 4.27. The van der Waals surface area contributed by atoms with Crippen LogP contribution in [0.3, 0.4) is 0 Å². The molecule has 5 nitrogen and oxygen atoms in total. The van der Waals surface area contributed by atoms with E-state index in [4.69, 9.17) is 14.2 Å². The molecule has 0 aliphatic rings. The Hall–Kier alpha value is -2.66. The van der Waals surface area contributed by atoms with Gasteiger partial charge in [0.2, 0.25) is 0 Å². The first-order valence-electron chi connectivity index (χ1n) is 26.5. The van der Waals surface area contributed by atoms with Gasteiger partial charge >= 0.3 is 11.9 Å². The average Bonchev–Trinajstić information content (AvgIpc) is 3.27. The maximum Gasteiger partial charge on any atom is 0.306 e. The quantitative estimate of drug-likeness (QED) is 0.0346. The van der Waals surface area contributed by atoms with Crippen LogP contribution in [0.1, 0.15) is 252 Å². The first kappa shape index (κ1) is 59.3. The van der Waals surface area contributed by atoms with Gasteiger partial charge in [-0.05, 0) is 89.9 Å². The lowest BCUT2D eigenvalue weighted by Crippen LogP contribution is -2.30. The van der Waals surface area contributed by atoms with Crippen molar-refractivity contribution in [2.75, 3.05) is 19.8 Å². The zero-order valence-electron chi connectivity index (χ0n) is 41.1. The second-order valence-corrected chi connectivity index (χ2v) is 17.4. The fraction of sp³-hybridized carbons (Fsp3) is 0.754. The summed E-state index contributed by atoms with van der Waals surface area (Å²) in [5, 5.41) is 0. The summed E-state index contributed by atoms with van der Waals surface area (Å²) >= 11 is 0. The van der Waals surface area contributed by atoms with Crippen molar-refractivity contribution in [2.24, 2.45) is 0 Å². The van der Waals surface area contributed by atoms with Crippen molar-refractivity contribution in [3.8, 4) is 0 Å². The SMILES string of the molecule is CC/C=C\C/C=C\C/C=C\C/C=C\CCCCCOCC(COC(=O)CCCCCCCCCCC/C=C\C/C=C\CCCCC)OC(=O)CCCCCCCCCCCCC. The molecule has 5 heteroatoms. The van der Waals surface area contributed by atoms with Crippen LogP contribution in [0.15, 0.2) is 72.9 Å². The lowest BCUT2D eigenvalue weighted by atomic mass is 10.1. The molecule has 0 bridgehead atoms. The zero-order chi connectivity index (χ0) is 44.9. The van der Waals surface area contributed by atoms with Crippen LogP contribution in [0.2, 0.25) is 0 Å². The Bertz CT molecular complexity index is 1110. The van der Waals surface area contributed by atoms with Crippen molar-refractivity contribution in [1.82, 2.24) is 0 Å². The van der Waals surface area contributed by atoms with Gasteiger partial charge in [0.1, 0.15) is 6.61 Å². The molecule has 0 spiro atoms. The van der Waals surface area contributed by atoms with Gasteiger partial charge in [-0.3, -0.25) is 9.59 Å². The number of hydrogen-bond donors (Lipinski definition) is 0. The topological polar surface area (TPSA) is 61.8 Å². The normalized spacial score (nSPS) is 12.8. The van der Waals surface area contributed by atoms with Gasteiger partial charge in [-0.2, -0.15) is 0 Å². The molecule has 0 radical (unpaired) electrons. The molecule has 0 fully saturated rings. The van der Waals surface area contributed by atoms with Crippen molar-refractivity contribution in [3.05, 3.63) is 72.9 Å². The summed E-state index contributed by atoms with van der Waals surface area (Å²) < 4.78 is 17.4. The molecule has 358 valence electrons. The molecule has 0 saturated carbocycles. The lowest BCUT2D eigenvalue weighted by molar-refractivity contribution is -0.163. The molecule has 0 aromatic rings. The van der Waals surface area contributed by atoms with Crippen molar-refractivity contribution in [2.45, 2.75) is 258 Å². The number of carbonyl (C=O) groups excluding carboxylic acids is 2. The number of esters is 2. The highest BCUT2D eigenvalue weighted by molar-refractivity contribution is 5.70. The van der Waals surface area contributed by atoms with Gasteiger partial charge in [0.25, 0.3) is 0 Å². The van der Waals surface area contributed by atoms with Gasteiger partial charge in [0.05, 0.1) is 6.61 Å². The van der Waals surface area contributed by atoms with Crippen LogP contribution in [0, 0.1) is 0 Å². The monoisotopic (exact) mass is 865 g/mol. The molecular weight excluding hydrogens is 765 g/mol. The van der Waals surface area contributed by atoms with Crippen LogP contribution >= 0.6 is 0 Å². The van der Waals surface area contributed by atoms with Crippen molar-refractivity contribution in [3.63, 3.8) is 0 Å². The van der Waals surface area contributed by atoms with E-state index in [1.807, 2.05) is 0 Å². The van der Waals surface area contributed by atoms with E-state index in [0.717, 1.165) is 83.5 Å². The smallest absolute Gasteiger partial charge is 0.306 e. The number of allylic oxidation sites excluding steroid dienone is 12. The van der Waals surface area contributed by atoms with Gasteiger partial charge in [-0.15, -0.1) is 0 Å². The molecule has 0 heterocycles. The molecule has 0 saturated heterocycles. The zero-order valence-corrected chi connectivity index (χ0v) is 41.1. The van der Waals surface area contributed by atoms with Crippen LogP contribution in [0.25, 0.3) is 0 Å². The highest BCUT2D eigenvalue weighted by Gasteiger charge is 2.17. The fourth-order valence-corrected chi connectivity index (χ4v) is 7.30. The van der Waals surface area contributed by atoms with Gasteiger partial charge in [-0.1, -0.05) is 222 Å². The van der Waals surface area contributed by atoms with Crippen LogP contribution in [-0.4, -0.2) is 37.9 Å². The third-order valence-electron chi connectivity index (χ3n) is 11.2. The first-order valence-corrected chi connectivity index (χ1v) is 26.5. The van der Waals surface area contributed by atoms with E-state index in [0.29, 0.717) is 19.4 Å². The summed E-state index contributed by atoms with van der Waals surface area (Å²) in [4.78, 5) is 25.4. The van der Waals surface area contributed by atoms with Crippen molar-refractivity contribution >= 4 is 11.9 Å². The minimum absolute atomic E-state index is 0.0701. The highest BCUT2D eigenvalue weighted by Crippen LogP contribution is 2.15. The molecular formula is C57H100O5. The molecule has 1 atom stereocenters. The Morgan fingerprint density at radius 1 is 0.371 bits per heavy atom. The first-order chi connectivity index (χ1) is 30.6. The summed E-state index contributed by atoms with van der Waals surface area (Å²) in [6, 6.07) is 0. The van der Waals surface area contributed by atoms with E-state index in [9.17, 15) is 9.59 Å². The molecule has 0 aromatic carbocycles. The van der Waals surface area contributed by atoms with Gasteiger partial charge in [0, 0.05) is 19.4 Å². The minimum atomic E-state index is -0.554. The Morgan fingerprint density at radius 2 is 0.726 bits per heavy atom. The van der Waals surface area contributed by atoms with Crippen LogP contribution in [-0.2, 0) is 23.8 Å². The summed E-state index contributed by atoms with van der Waals surface area (Å²) in [5.41, 5.74) is 0. The molecule has 0 amide bonds. The highest BCUT2D eigenvalue weighted by atomic mass is 16.6. The number of hydrogen-bond acceptors (Lipinski definition) is 5. The van der Waals surface area contributed by atoms with Gasteiger partial charge in [-0.25, -0.2) is 0 Å². The second kappa shape index (κ2) is 52.7. The Morgan fingerprint density at radius 3 is 1.19 bits per heavy atom. The summed E-state index contributed by atoms with van der Waals surface area (Å²) in [7, 11) is 0. The van der Waals surface area contributed by atoms with Crippen LogP contribution < -0.4 is 0 Å². The molecule has 0 rings (SSSR count). The minimum Gasteiger partial charge on any atom is -0.462 e. The molecule has 1 unspecified atom stereocenters.